The number of aromatic nitrogens is 3. The van der Waals surface area contributed by atoms with E-state index in [1.54, 1.807) is 0 Å². The maximum atomic E-state index is 9.52. The number of rotatable bonds is 4. The highest BCUT2D eigenvalue weighted by Crippen LogP contribution is 2.23. The van der Waals surface area contributed by atoms with E-state index >= 15 is 0 Å². The molecule has 1 fully saturated rings. The van der Waals surface area contributed by atoms with Crippen LogP contribution < -0.4 is 20.9 Å². The molecule has 106 valence electrons. The first-order valence-corrected chi connectivity index (χ1v) is 6.42. The van der Waals surface area contributed by atoms with E-state index in [9.17, 15) is 5.11 Å². The smallest absolute Gasteiger partial charge is 0.322 e. The number of hydrogen-bond donors (Lipinski definition) is 3. The first-order valence-electron chi connectivity index (χ1n) is 6.42. The fraction of sp³-hybridized carbons (Fsp3) is 0.727. The predicted molar refractivity (Wildman–Crippen MR) is 70.9 cm³/mol. The monoisotopic (exact) mass is 268 g/mol. The molecule has 0 radical (unpaired) electrons. The molecule has 2 heterocycles. The van der Waals surface area contributed by atoms with Crippen LogP contribution in [0, 0.1) is 0 Å². The van der Waals surface area contributed by atoms with E-state index in [-0.39, 0.29) is 24.6 Å². The molecule has 0 aliphatic carbocycles. The standard InChI is InChI=1S/C11H20N6O2/c1-19-11-14-9(16-12)13-10(15-11)17-6-4-2-3-5-8(17)7-18/h8,18H,2-7,12H2,1H3,(H,13,14,15,16). The minimum atomic E-state index is 0.0280. The summed E-state index contributed by atoms with van der Waals surface area (Å²) in [6, 6.07) is 0.235. The number of aliphatic hydroxyl groups is 1. The number of nitrogen functional groups attached to an aromatic ring is 1. The maximum Gasteiger partial charge on any atom is 0.322 e. The average Bonchev–Trinajstić information content (AvgIpc) is 2.71. The number of anilines is 2. The summed E-state index contributed by atoms with van der Waals surface area (Å²) >= 11 is 0. The molecule has 19 heavy (non-hydrogen) atoms. The summed E-state index contributed by atoms with van der Waals surface area (Å²) in [6.07, 6.45) is 4.23. The first-order chi connectivity index (χ1) is 9.28. The second-order valence-electron chi connectivity index (χ2n) is 4.47. The van der Waals surface area contributed by atoms with Crippen molar-refractivity contribution in [2.45, 2.75) is 31.7 Å². The Balaban J connectivity index is 2.31. The number of hydrazine groups is 1. The molecular weight excluding hydrogens is 248 g/mol. The molecule has 1 unspecified atom stereocenters. The van der Waals surface area contributed by atoms with Crippen LogP contribution in [0.2, 0.25) is 0 Å². The lowest BCUT2D eigenvalue weighted by molar-refractivity contribution is 0.253. The lowest BCUT2D eigenvalue weighted by Crippen LogP contribution is -2.39. The zero-order chi connectivity index (χ0) is 13.7. The van der Waals surface area contributed by atoms with Crippen LogP contribution in [-0.2, 0) is 0 Å². The van der Waals surface area contributed by atoms with E-state index in [0.717, 1.165) is 32.2 Å². The molecule has 0 spiro atoms. The van der Waals surface area contributed by atoms with Crippen LogP contribution in [0.15, 0.2) is 0 Å². The van der Waals surface area contributed by atoms with E-state index in [4.69, 9.17) is 10.6 Å². The molecule has 8 heteroatoms. The van der Waals surface area contributed by atoms with Crippen molar-refractivity contribution in [1.29, 1.82) is 0 Å². The summed E-state index contributed by atoms with van der Waals surface area (Å²) in [6.45, 7) is 0.891. The number of nitrogens with zero attached hydrogens (tertiary/aromatic N) is 4. The van der Waals surface area contributed by atoms with Gasteiger partial charge < -0.3 is 14.7 Å². The van der Waals surface area contributed by atoms with Gasteiger partial charge in [-0.2, -0.15) is 15.0 Å². The average molecular weight is 268 g/mol. The molecule has 1 aromatic heterocycles. The molecule has 1 aliphatic heterocycles. The van der Waals surface area contributed by atoms with Crippen molar-refractivity contribution in [1.82, 2.24) is 15.0 Å². The minimum Gasteiger partial charge on any atom is -0.467 e. The van der Waals surface area contributed by atoms with Gasteiger partial charge in [-0.1, -0.05) is 12.8 Å². The number of ether oxygens (including phenoxy) is 1. The Morgan fingerprint density at radius 1 is 1.37 bits per heavy atom. The lowest BCUT2D eigenvalue weighted by Gasteiger charge is -2.28. The van der Waals surface area contributed by atoms with Crippen molar-refractivity contribution in [2.75, 3.05) is 30.6 Å². The summed E-state index contributed by atoms with van der Waals surface area (Å²) in [5.74, 6) is 6.08. The van der Waals surface area contributed by atoms with Crippen LogP contribution in [0.4, 0.5) is 11.9 Å². The molecule has 8 nitrogen and oxygen atoms in total. The normalized spacial score (nSPS) is 19.9. The first kappa shape index (κ1) is 13.8. The topological polar surface area (TPSA) is 109 Å². The number of nitrogens with two attached hydrogens (primary N) is 1. The maximum absolute atomic E-state index is 9.52. The zero-order valence-electron chi connectivity index (χ0n) is 11.0. The van der Waals surface area contributed by atoms with Crippen molar-refractivity contribution >= 4 is 11.9 Å². The van der Waals surface area contributed by atoms with Crippen LogP contribution in [0.1, 0.15) is 25.7 Å². The van der Waals surface area contributed by atoms with Gasteiger partial charge in [-0.25, -0.2) is 5.84 Å². The Kier molecular flexibility index (Phi) is 4.69. The van der Waals surface area contributed by atoms with Crippen LogP contribution in [0.25, 0.3) is 0 Å². The molecule has 0 saturated carbocycles. The van der Waals surface area contributed by atoms with E-state index in [1.807, 2.05) is 4.90 Å². The summed E-state index contributed by atoms with van der Waals surface area (Å²) in [7, 11) is 1.49. The lowest BCUT2D eigenvalue weighted by atomic mass is 10.1. The Morgan fingerprint density at radius 3 is 2.89 bits per heavy atom. The second-order valence-corrected chi connectivity index (χ2v) is 4.47. The highest BCUT2D eigenvalue weighted by Gasteiger charge is 2.24. The van der Waals surface area contributed by atoms with Crippen LogP contribution in [0.3, 0.4) is 0 Å². The van der Waals surface area contributed by atoms with E-state index in [0.29, 0.717) is 5.95 Å². The molecule has 1 atom stereocenters. The number of hydrogen-bond acceptors (Lipinski definition) is 8. The quantitative estimate of drug-likeness (QED) is 0.513. The van der Waals surface area contributed by atoms with Gasteiger partial charge in [0.15, 0.2) is 0 Å². The molecule has 0 amide bonds. The molecule has 0 bridgehead atoms. The van der Waals surface area contributed by atoms with Crippen LogP contribution >= 0.6 is 0 Å². The third-order valence-corrected chi connectivity index (χ3v) is 3.26. The Morgan fingerprint density at radius 2 is 2.21 bits per heavy atom. The molecule has 1 aliphatic rings. The largest absolute Gasteiger partial charge is 0.467 e. The van der Waals surface area contributed by atoms with Gasteiger partial charge in [-0.05, 0) is 12.8 Å². The SMILES string of the molecule is COc1nc(NN)nc(N2CCCCCC2CO)n1. The molecule has 1 saturated heterocycles. The van der Waals surface area contributed by atoms with Gasteiger partial charge in [0.05, 0.1) is 19.8 Å². The molecule has 1 aromatic rings. The predicted octanol–water partition coefficient (Wildman–Crippen LogP) is -0.0929. The van der Waals surface area contributed by atoms with E-state index in [2.05, 4.69) is 20.4 Å². The van der Waals surface area contributed by atoms with Gasteiger partial charge in [0.25, 0.3) is 0 Å². The van der Waals surface area contributed by atoms with Crippen LogP contribution in [-0.4, -0.2) is 46.4 Å². The Hall–Kier alpha value is -1.67. The third kappa shape index (κ3) is 3.21. The van der Waals surface area contributed by atoms with Gasteiger partial charge >= 0.3 is 6.01 Å². The number of nitrogens with one attached hydrogen (secondary N) is 1. The van der Waals surface area contributed by atoms with Crippen molar-refractivity contribution in [2.24, 2.45) is 5.84 Å². The molecule has 2 rings (SSSR count). The highest BCUT2D eigenvalue weighted by molar-refractivity contribution is 5.39. The van der Waals surface area contributed by atoms with Crippen molar-refractivity contribution < 1.29 is 9.84 Å². The zero-order valence-corrected chi connectivity index (χ0v) is 11.0. The van der Waals surface area contributed by atoms with Gasteiger partial charge in [-0.15, -0.1) is 0 Å². The van der Waals surface area contributed by atoms with E-state index in [1.165, 1.54) is 7.11 Å². The second kappa shape index (κ2) is 6.48. The summed E-state index contributed by atoms with van der Waals surface area (Å²) < 4.78 is 5.04. The minimum absolute atomic E-state index is 0.0280. The van der Waals surface area contributed by atoms with Crippen molar-refractivity contribution in [3.05, 3.63) is 0 Å². The summed E-state index contributed by atoms with van der Waals surface area (Å²) in [5.41, 5.74) is 2.40. The van der Waals surface area contributed by atoms with Gasteiger partial charge in [-0.3, -0.25) is 5.43 Å². The fourth-order valence-electron chi connectivity index (χ4n) is 2.26. The Labute approximate surface area is 112 Å². The Bertz CT molecular complexity index is 394. The summed E-state index contributed by atoms with van der Waals surface area (Å²) in [4.78, 5) is 14.4. The van der Waals surface area contributed by atoms with Crippen LogP contribution in [0.5, 0.6) is 6.01 Å². The number of aliphatic hydroxyl groups excluding tert-OH is 1. The number of methoxy groups -OCH3 is 1. The molecule has 0 aromatic carbocycles. The van der Waals surface area contributed by atoms with Crippen molar-refractivity contribution in [3.8, 4) is 6.01 Å². The fourth-order valence-corrected chi connectivity index (χ4v) is 2.26. The highest BCUT2D eigenvalue weighted by atomic mass is 16.5. The van der Waals surface area contributed by atoms with Gasteiger partial charge in [0.1, 0.15) is 0 Å². The van der Waals surface area contributed by atoms with Gasteiger partial charge in [0, 0.05) is 6.54 Å². The molecular formula is C11H20N6O2. The van der Waals surface area contributed by atoms with Gasteiger partial charge in [0.2, 0.25) is 11.9 Å². The molecule has 4 N–H and O–H groups in total. The summed E-state index contributed by atoms with van der Waals surface area (Å²) in [5, 5.41) is 9.52. The van der Waals surface area contributed by atoms with Crippen molar-refractivity contribution in [3.63, 3.8) is 0 Å². The third-order valence-electron chi connectivity index (χ3n) is 3.26. The van der Waals surface area contributed by atoms with E-state index < -0.39 is 0 Å².